The van der Waals surface area contributed by atoms with Gasteiger partial charge in [-0.25, -0.2) is 9.37 Å². The topological polar surface area (TPSA) is 12.9 Å². The maximum atomic E-state index is 13.0. The van der Waals surface area contributed by atoms with Crippen LogP contribution in [0.4, 0.5) is 4.39 Å². The van der Waals surface area contributed by atoms with E-state index in [-0.39, 0.29) is 5.82 Å². The minimum absolute atomic E-state index is 0.257. The normalized spacial score (nSPS) is 10.5. The second-order valence-corrected chi connectivity index (χ2v) is 5.60. The molecule has 0 aliphatic carbocycles. The van der Waals surface area contributed by atoms with Gasteiger partial charge in [0.05, 0.1) is 5.69 Å². The summed E-state index contributed by atoms with van der Waals surface area (Å²) in [5.41, 5.74) is 1.54. The van der Waals surface area contributed by atoms with Gasteiger partial charge in [0.25, 0.3) is 0 Å². The van der Waals surface area contributed by atoms with Crippen LogP contribution < -0.4 is 0 Å². The Hall–Kier alpha value is -0.260. The van der Waals surface area contributed by atoms with Gasteiger partial charge in [0.15, 0.2) is 3.92 Å². The fourth-order valence-corrected chi connectivity index (χ4v) is 2.53. The maximum Gasteiger partial charge on any atom is 0.159 e. The molecule has 72 valence electrons. The Balaban J connectivity index is 2.55. The van der Waals surface area contributed by atoms with Gasteiger partial charge in [0.1, 0.15) is 5.82 Å². The van der Waals surface area contributed by atoms with Crippen molar-refractivity contribution in [2.24, 2.45) is 0 Å². The van der Waals surface area contributed by atoms with Gasteiger partial charge in [0.2, 0.25) is 0 Å². The highest BCUT2D eigenvalue weighted by molar-refractivity contribution is 9.11. The molecule has 1 heterocycles. The van der Waals surface area contributed by atoms with Gasteiger partial charge in [-0.05, 0) is 34.1 Å². The summed E-state index contributed by atoms with van der Waals surface area (Å²) in [5, 5.41) is 1.88. The molecule has 0 atom stereocenters. The molecule has 0 radical (unpaired) electrons. The zero-order valence-corrected chi connectivity index (χ0v) is 10.8. The van der Waals surface area contributed by atoms with Crippen LogP contribution in [0.15, 0.2) is 32.0 Å². The summed E-state index contributed by atoms with van der Waals surface area (Å²) >= 11 is 8.11. The first kappa shape index (κ1) is 10.3. The Morgan fingerprint density at radius 3 is 2.71 bits per heavy atom. The summed E-state index contributed by atoms with van der Waals surface area (Å²) in [7, 11) is 0. The zero-order valence-electron chi connectivity index (χ0n) is 6.80. The second kappa shape index (κ2) is 4.08. The van der Waals surface area contributed by atoms with Crippen molar-refractivity contribution >= 4 is 43.2 Å². The molecular formula is C9H4Br2FNS. The van der Waals surface area contributed by atoms with E-state index in [1.807, 2.05) is 5.38 Å². The first-order chi connectivity index (χ1) is 6.66. The van der Waals surface area contributed by atoms with Crippen molar-refractivity contribution in [2.45, 2.75) is 0 Å². The van der Waals surface area contributed by atoms with Gasteiger partial charge in [-0.2, -0.15) is 0 Å². The number of hydrogen-bond donors (Lipinski definition) is 0. The number of nitrogens with zero attached hydrogens (tertiary/aromatic N) is 1. The first-order valence-corrected chi connectivity index (χ1v) is 6.20. The Kier molecular flexibility index (Phi) is 2.99. The van der Waals surface area contributed by atoms with Crippen molar-refractivity contribution in [3.05, 3.63) is 37.8 Å². The van der Waals surface area contributed by atoms with Crippen molar-refractivity contribution in [1.29, 1.82) is 0 Å². The molecule has 0 saturated heterocycles. The molecule has 1 aromatic heterocycles. The molecule has 0 spiro atoms. The van der Waals surface area contributed by atoms with E-state index < -0.39 is 0 Å². The Morgan fingerprint density at radius 1 is 1.29 bits per heavy atom. The summed E-state index contributed by atoms with van der Waals surface area (Å²) in [5.74, 6) is -0.257. The van der Waals surface area contributed by atoms with E-state index in [2.05, 4.69) is 36.8 Å². The number of rotatable bonds is 1. The standard InChI is InChI=1S/C9H4Br2FNS/c10-7-2-1-5(12)3-6(7)8-4-14-9(11)13-8/h1-4H. The molecule has 1 aromatic carbocycles. The molecule has 0 unspecified atom stereocenters. The highest BCUT2D eigenvalue weighted by Gasteiger charge is 2.07. The molecule has 2 aromatic rings. The van der Waals surface area contributed by atoms with Gasteiger partial charge in [-0.1, -0.05) is 15.9 Å². The number of benzene rings is 1. The minimum Gasteiger partial charge on any atom is -0.229 e. The predicted octanol–water partition coefficient (Wildman–Crippen LogP) is 4.47. The molecule has 1 nitrogen and oxygen atoms in total. The molecule has 0 N–H and O–H groups in total. The molecule has 0 aliphatic heterocycles. The molecule has 0 bridgehead atoms. The zero-order chi connectivity index (χ0) is 10.1. The van der Waals surface area contributed by atoms with Gasteiger partial charge < -0.3 is 0 Å². The number of hydrogen-bond acceptors (Lipinski definition) is 2. The van der Waals surface area contributed by atoms with Crippen molar-refractivity contribution in [2.75, 3.05) is 0 Å². The molecule has 0 fully saturated rings. The Morgan fingerprint density at radius 2 is 2.07 bits per heavy atom. The summed E-state index contributed by atoms with van der Waals surface area (Å²) in [6.07, 6.45) is 0. The van der Waals surface area contributed by atoms with E-state index >= 15 is 0 Å². The second-order valence-electron chi connectivity index (χ2n) is 2.61. The van der Waals surface area contributed by atoms with Crippen LogP contribution in [0.2, 0.25) is 0 Å². The van der Waals surface area contributed by atoms with E-state index in [0.29, 0.717) is 0 Å². The van der Waals surface area contributed by atoms with Crippen molar-refractivity contribution < 1.29 is 4.39 Å². The molecular weight excluding hydrogens is 333 g/mol. The van der Waals surface area contributed by atoms with Crippen LogP contribution in [-0.2, 0) is 0 Å². The van der Waals surface area contributed by atoms with Crippen molar-refractivity contribution in [3.8, 4) is 11.3 Å². The lowest BCUT2D eigenvalue weighted by Gasteiger charge is -2.00. The quantitative estimate of drug-likeness (QED) is 0.748. The minimum atomic E-state index is -0.257. The highest BCUT2D eigenvalue weighted by atomic mass is 79.9. The third-order valence-corrected chi connectivity index (χ3v) is 3.74. The van der Waals surface area contributed by atoms with Crippen LogP contribution in [0.1, 0.15) is 0 Å². The third-order valence-electron chi connectivity index (χ3n) is 1.68. The van der Waals surface area contributed by atoms with E-state index in [1.165, 1.54) is 23.5 Å². The average molecular weight is 337 g/mol. The smallest absolute Gasteiger partial charge is 0.159 e. The third kappa shape index (κ3) is 2.04. The van der Waals surface area contributed by atoms with Gasteiger partial charge in [0, 0.05) is 15.4 Å². The molecule has 0 aliphatic rings. The summed E-state index contributed by atoms with van der Waals surface area (Å²) in [6.45, 7) is 0. The Labute approximate surface area is 101 Å². The highest BCUT2D eigenvalue weighted by Crippen LogP contribution is 2.31. The fraction of sp³-hybridized carbons (Fsp3) is 0. The van der Waals surface area contributed by atoms with Crippen LogP contribution >= 0.6 is 43.2 Å². The van der Waals surface area contributed by atoms with E-state index in [4.69, 9.17) is 0 Å². The summed E-state index contributed by atoms with van der Waals surface area (Å²) < 4.78 is 14.6. The number of aromatic nitrogens is 1. The van der Waals surface area contributed by atoms with Gasteiger partial charge in [-0.3, -0.25) is 0 Å². The lowest BCUT2D eigenvalue weighted by molar-refractivity contribution is 0.628. The number of thiazole rings is 1. The lowest BCUT2D eigenvalue weighted by Crippen LogP contribution is -1.82. The fourth-order valence-electron chi connectivity index (χ4n) is 1.07. The first-order valence-electron chi connectivity index (χ1n) is 3.73. The monoisotopic (exact) mass is 335 g/mol. The SMILES string of the molecule is Fc1ccc(Br)c(-c2csc(Br)n2)c1. The van der Waals surface area contributed by atoms with E-state index in [1.54, 1.807) is 6.07 Å². The molecule has 5 heteroatoms. The molecule has 0 saturated carbocycles. The molecule has 14 heavy (non-hydrogen) atoms. The average Bonchev–Trinajstić information content (AvgIpc) is 2.56. The van der Waals surface area contributed by atoms with Crippen molar-refractivity contribution in [1.82, 2.24) is 4.98 Å². The van der Waals surface area contributed by atoms with Crippen LogP contribution in [0.3, 0.4) is 0 Å². The van der Waals surface area contributed by atoms with E-state index in [0.717, 1.165) is 19.6 Å². The summed E-state index contributed by atoms with van der Waals surface area (Å²) in [6, 6.07) is 4.55. The van der Waals surface area contributed by atoms with Gasteiger partial charge >= 0.3 is 0 Å². The van der Waals surface area contributed by atoms with E-state index in [9.17, 15) is 4.39 Å². The summed E-state index contributed by atoms with van der Waals surface area (Å²) in [4.78, 5) is 4.22. The number of halogens is 3. The van der Waals surface area contributed by atoms with Crippen LogP contribution in [0.5, 0.6) is 0 Å². The molecule has 0 amide bonds. The Bertz CT molecular complexity index is 470. The lowest BCUT2D eigenvalue weighted by atomic mass is 10.2. The van der Waals surface area contributed by atoms with Crippen LogP contribution in [-0.4, -0.2) is 4.98 Å². The molecule has 2 rings (SSSR count). The van der Waals surface area contributed by atoms with Gasteiger partial charge in [-0.15, -0.1) is 11.3 Å². The van der Waals surface area contributed by atoms with Crippen molar-refractivity contribution in [3.63, 3.8) is 0 Å². The predicted molar refractivity (Wildman–Crippen MR) is 62.9 cm³/mol. The maximum absolute atomic E-state index is 13.0. The van der Waals surface area contributed by atoms with Crippen LogP contribution in [0, 0.1) is 5.82 Å². The largest absolute Gasteiger partial charge is 0.229 e. The van der Waals surface area contributed by atoms with Crippen LogP contribution in [0.25, 0.3) is 11.3 Å².